The molecule has 3 rings (SSSR count). The van der Waals surface area contributed by atoms with Crippen LogP contribution in [0.5, 0.6) is 0 Å². The summed E-state index contributed by atoms with van der Waals surface area (Å²) in [7, 11) is -3.92. The predicted molar refractivity (Wildman–Crippen MR) is 121 cm³/mol. The Balaban J connectivity index is 1.71. The highest BCUT2D eigenvalue weighted by molar-refractivity contribution is 7.92. The van der Waals surface area contributed by atoms with Crippen LogP contribution in [0.25, 0.3) is 0 Å². The van der Waals surface area contributed by atoms with Crippen LogP contribution in [-0.2, 0) is 19.6 Å². The van der Waals surface area contributed by atoms with Crippen LogP contribution in [0.3, 0.4) is 0 Å². The zero-order valence-corrected chi connectivity index (χ0v) is 18.7. The zero-order valence-electron chi connectivity index (χ0n) is 17.0. The van der Waals surface area contributed by atoms with Crippen molar-refractivity contribution in [2.75, 3.05) is 22.8 Å². The van der Waals surface area contributed by atoms with E-state index in [0.29, 0.717) is 16.3 Å². The van der Waals surface area contributed by atoms with Crippen LogP contribution in [0.4, 0.5) is 10.7 Å². The van der Waals surface area contributed by atoms with E-state index in [1.54, 1.807) is 48.7 Å². The highest BCUT2D eigenvalue weighted by atomic mass is 32.2. The maximum Gasteiger partial charge on any atom is 0.338 e. The van der Waals surface area contributed by atoms with Gasteiger partial charge >= 0.3 is 5.97 Å². The fourth-order valence-electron chi connectivity index (χ4n) is 2.87. The molecule has 1 heterocycles. The van der Waals surface area contributed by atoms with Crippen LogP contribution in [-0.4, -0.2) is 33.4 Å². The van der Waals surface area contributed by atoms with E-state index in [0.717, 1.165) is 0 Å². The summed E-state index contributed by atoms with van der Waals surface area (Å²) >= 11 is 1.17. The SMILES string of the molecule is CCN(c1ccccc1)S(=O)(=O)c1cccc(C(=O)OCC(=O)Nc2sccc2C#N)c1. The van der Waals surface area contributed by atoms with Gasteiger partial charge in [-0.25, -0.2) is 13.2 Å². The number of nitriles is 1. The minimum absolute atomic E-state index is 0.00294. The van der Waals surface area contributed by atoms with Gasteiger partial charge in [-0.2, -0.15) is 5.26 Å². The number of sulfonamides is 1. The molecule has 0 aliphatic heterocycles. The first-order valence-corrected chi connectivity index (χ1v) is 11.8. The summed E-state index contributed by atoms with van der Waals surface area (Å²) in [6.07, 6.45) is 0. The molecule has 2 aromatic carbocycles. The Morgan fingerprint density at radius 3 is 2.56 bits per heavy atom. The van der Waals surface area contributed by atoms with Crippen LogP contribution in [0.15, 0.2) is 70.9 Å². The quantitative estimate of drug-likeness (QED) is 0.504. The van der Waals surface area contributed by atoms with Crippen molar-refractivity contribution in [2.45, 2.75) is 11.8 Å². The van der Waals surface area contributed by atoms with Gasteiger partial charge in [0.2, 0.25) is 0 Å². The Hall–Kier alpha value is -3.68. The lowest BCUT2D eigenvalue weighted by Crippen LogP contribution is -2.30. The Morgan fingerprint density at radius 1 is 1.12 bits per heavy atom. The largest absolute Gasteiger partial charge is 0.452 e. The Morgan fingerprint density at radius 2 is 1.88 bits per heavy atom. The number of nitrogens with zero attached hydrogens (tertiary/aromatic N) is 2. The molecule has 0 saturated carbocycles. The van der Waals surface area contributed by atoms with Crippen molar-refractivity contribution in [1.29, 1.82) is 5.26 Å². The van der Waals surface area contributed by atoms with Crippen LogP contribution in [0, 0.1) is 11.3 Å². The molecular formula is C22H19N3O5S2. The summed E-state index contributed by atoms with van der Waals surface area (Å²) in [5, 5.41) is 13.5. The predicted octanol–water partition coefficient (Wildman–Crippen LogP) is 3.63. The van der Waals surface area contributed by atoms with E-state index < -0.39 is 28.5 Å². The lowest BCUT2D eigenvalue weighted by molar-refractivity contribution is -0.119. The summed E-state index contributed by atoms with van der Waals surface area (Å²) in [5.74, 6) is -1.45. The molecular weight excluding hydrogens is 450 g/mol. The van der Waals surface area contributed by atoms with E-state index in [1.165, 1.54) is 39.9 Å². The second-order valence-corrected chi connectivity index (χ2v) is 9.21. The monoisotopic (exact) mass is 469 g/mol. The number of nitrogens with one attached hydrogen (secondary N) is 1. The minimum atomic E-state index is -3.92. The van der Waals surface area contributed by atoms with Crippen molar-refractivity contribution < 1.29 is 22.7 Å². The Labute approximate surface area is 189 Å². The number of amides is 1. The smallest absolute Gasteiger partial charge is 0.338 e. The maximum absolute atomic E-state index is 13.1. The number of carbonyl (C=O) groups excluding carboxylic acids is 2. The van der Waals surface area contributed by atoms with E-state index in [2.05, 4.69) is 5.32 Å². The third-order valence-electron chi connectivity index (χ3n) is 4.36. The normalized spacial score (nSPS) is 10.8. The second kappa shape index (κ2) is 10.1. The first kappa shape index (κ1) is 23.0. The van der Waals surface area contributed by atoms with Crippen molar-refractivity contribution in [2.24, 2.45) is 0 Å². The topological polar surface area (TPSA) is 117 Å². The standard InChI is InChI=1S/C22H19N3O5S2/c1-2-25(18-8-4-3-5-9-18)32(28,29)19-10-6-7-16(13-19)22(27)30-15-20(26)24-21-17(14-23)11-12-31-21/h3-13H,2,15H2,1H3,(H,24,26). The molecule has 0 saturated heterocycles. The van der Waals surface area contributed by atoms with Crippen LogP contribution in [0.1, 0.15) is 22.8 Å². The number of hydrogen-bond donors (Lipinski definition) is 1. The molecule has 10 heteroatoms. The molecule has 0 aliphatic carbocycles. The highest BCUT2D eigenvalue weighted by Gasteiger charge is 2.24. The molecule has 0 unspecified atom stereocenters. The number of thiophene rings is 1. The molecule has 1 aromatic heterocycles. The number of carbonyl (C=O) groups is 2. The summed E-state index contributed by atoms with van der Waals surface area (Å²) < 4.78 is 32.5. The van der Waals surface area contributed by atoms with Gasteiger partial charge in [0.15, 0.2) is 6.61 Å². The lowest BCUT2D eigenvalue weighted by Gasteiger charge is -2.23. The van der Waals surface area contributed by atoms with Gasteiger partial charge in [-0.3, -0.25) is 9.10 Å². The van der Waals surface area contributed by atoms with Gasteiger partial charge in [-0.05, 0) is 48.7 Å². The molecule has 0 bridgehead atoms. The van der Waals surface area contributed by atoms with Gasteiger partial charge in [-0.15, -0.1) is 11.3 Å². The van der Waals surface area contributed by atoms with E-state index in [1.807, 2.05) is 6.07 Å². The summed E-state index contributed by atoms with van der Waals surface area (Å²) in [5.41, 5.74) is 0.813. The van der Waals surface area contributed by atoms with E-state index >= 15 is 0 Å². The van der Waals surface area contributed by atoms with Gasteiger partial charge in [0.1, 0.15) is 11.1 Å². The van der Waals surface area contributed by atoms with Gasteiger partial charge in [0, 0.05) is 6.54 Å². The Kier molecular flexibility index (Phi) is 7.25. The van der Waals surface area contributed by atoms with Crippen LogP contribution < -0.4 is 9.62 Å². The van der Waals surface area contributed by atoms with Crippen molar-refractivity contribution in [3.05, 3.63) is 77.2 Å². The zero-order chi connectivity index (χ0) is 23.1. The molecule has 3 aromatic rings. The molecule has 0 fully saturated rings. The summed E-state index contributed by atoms with van der Waals surface area (Å²) in [6.45, 7) is 1.34. The fourth-order valence-corrected chi connectivity index (χ4v) is 5.14. The van der Waals surface area contributed by atoms with E-state index in [4.69, 9.17) is 10.00 Å². The number of esters is 1. The maximum atomic E-state index is 13.1. The lowest BCUT2D eigenvalue weighted by atomic mass is 10.2. The third-order valence-corrected chi connectivity index (χ3v) is 7.09. The van der Waals surface area contributed by atoms with Crippen molar-refractivity contribution in [3.63, 3.8) is 0 Å². The molecule has 0 atom stereocenters. The molecule has 8 nitrogen and oxygen atoms in total. The molecule has 0 radical (unpaired) electrons. The van der Waals surface area contributed by atoms with Crippen molar-refractivity contribution in [3.8, 4) is 6.07 Å². The highest BCUT2D eigenvalue weighted by Crippen LogP contribution is 2.24. The van der Waals surface area contributed by atoms with E-state index in [-0.39, 0.29) is 17.0 Å². The van der Waals surface area contributed by atoms with Gasteiger partial charge in [0.05, 0.1) is 21.7 Å². The van der Waals surface area contributed by atoms with Gasteiger partial charge in [-0.1, -0.05) is 24.3 Å². The first-order valence-electron chi connectivity index (χ1n) is 9.49. The second-order valence-electron chi connectivity index (χ2n) is 6.43. The molecule has 1 amide bonds. The third kappa shape index (κ3) is 5.14. The number of ether oxygens (including phenoxy) is 1. The van der Waals surface area contributed by atoms with Crippen molar-refractivity contribution in [1.82, 2.24) is 0 Å². The number of para-hydroxylation sites is 1. The van der Waals surface area contributed by atoms with Crippen LogP contribution >= 0.6 is 11.3 Å². The Bertz CT molecular complexity index is 1260. The van der Waals surface area contributed by atoms with Crippen molar-refractivity contribution >= 4 is 43.9 Å². The molecule has 32 heavy (non-hydrogen) atoms. The number of rotatable bonds is 8. The molecule has 0 aliphatic rings. The average Bonchev–Trinajstić information content (AvgIpc) is 3.25. The fraction of sp³-hybridized carbons (Fsp3) is 0.136. The number of anilines is 2. The molecule has 164 valence electrons. The van der Waals surface area contributed by atoms with Crippen LogP contribution in [0.2, 0.25) is 0 Å². The summed E-state index contributed by atoms with van der Waals surface area (Å²) in [4.78, 5) is 24.4. The van der Waals surface area contributed by atoms with Gasteiger partial charge < -0.3 is 10.1 Å². The molecule has 0 spiro atoms. The summed E-state index contributed by atoms with van der Waals surface area (Å²) in [6, 6.07) is 17.6. The number of benzene rings is 2. The minimum Gasteiger partial charge on any atom is -0.452 e. The molecule has 1 N–H and O–H groups in total. The van der Waals surface area contributed by atoms with E-state index in [9.17, 15) is 18.0 Å². The average molecular weight is 470 g/mol. The van der Waals surface area contributed by atoms with Gasteiger partial charge in [0.25, 0.3) is 15.9 Å². The first-order chi connectivity index (χ1) is 15.4. The number of hydrogen-bond acceptors (Lipinski definition) is 7.